The molecular weight excluding hydrogens is 290 g/mol. The minimum absolute atomic E-state index is 0.106. The lowest BCUT2D eigenvalue weighted by Gasteiger charge is -2.11. The Morgan fingerprint density at radius 3 is 2.76 bits per heavy atom. The molecule has 21 heavy (non-hydrogen) atoms. The van der Waals surface area contributed by atoms with Crippen LogP contribution in [0, 0.1) is 6.92 Å². The molecule has 5 heteroatoms. The van der Waals surface area contributed by atoms with E-state index in [0.717, 1.165) is 11.1 Å². The van der Waals surface area contributed by atoms with E-state index in [4.69, 9.17) is 26.8 Å². The summed E-state index contributed by atoms with van der Waals surface area (Å²) in [6.07, 6.45) is 0. The first-order valence-electron chi connectivity index (χ1n) is 6.37. The van der Waals surface area contributed by atoms with Crippen molar-refractivity contribution in [2.75, 3.05) is 12.8 Å². The highest BCUT2D eigenvalue weighted by Gasteiger charge is 2.14. The molecule has 0 aliphatic heterocycles. The number of anilines is 1. The Bertz CT molecular complexity index is 671. The van der Waals surface area contributed by atoms with E-state index in [-0.39, 0.29) is 17.2 Å². The second-order valence-electron chi connectivity index (χ2n) is 4.60. The number of methoxy groups -OCH3 is 1. The Hall–Kier alpha value is -2.20. The Morgan fingerprint density at radius 1 is 1.29 bits per heavy atom. The number of hydrogen-bond acceptors (Lipinski definition) is 4. The van der Waals surface area contributed by atoms with Crippen molar-refractivity contribution in [3.63, 3.8) is 0 Å². The maximum atomic E-state index is 12.1. The average Bonchev–Trinajstić information content (AvgIpc) is 2.47. The molecule has 2 aromatic rings. The molecule has 0 bridgehead atoms. The minimum atomic E-state index is -0.518. The zero-order valence-electron chi connectivity index (χ0n) is 11.9. The van der Waals surface area contributed by atoms with Crippen LogP contribution in [0.1, 0.15) is 21.5 Å². The molecule has 0 radical (unpaired) electrons. The first-order chi connectivity index (χ1) is 10.0. The van der Waals surface area contributed by atoms with Crippen LogP contribution in [-0.4, -0.2) is 13.1 Å². The molecule has 110 valence electrons. The fourth-order valence-corrected chi connectivity index (χ4v) is 2.15. The molecule has 2 rings (SSSR count). The van der Waals surface area contributed by atoms with Crippen LogP contribution in [-0.2, 0) is 11.3 Å². The number of carbonyl (C=O) groups excluding carboxylic acids is 1. The Kier molecular flexibility index (Phi) is 4.70. The molecule has 0 amide bonds. The van der Waals surface area contributed by atoms with Crippen LogP contribution in [0.25, 0.3) is 0 Å². The average molecular weight is 306 g/mol. The van der Waals surface area contributed by atoms with E-state index in [0.29, 0.717) is 11.4 Å². The van der Waals surface area contributed by atoms with Gasteiger partial charge in [0.05, 0.1) is 23.4 Å². The summed E-state index contributed by atoms with van der Waals surface area (Å²) in [6, 6.07) is 10.5. The van der Waals surface area contributed by atoms with Gasteiger partial charge in [0.15, 0.2) is 0 Å². The molecule has 0 saturated heterocycles. The monoisotopic (exact) mass is 305 g/mol. The fourth-order valence-electron chi connectivity index (χ4n) is 1.95. The Labute approximate surface area is 128 Å². The number of hydrogen-bond donors (Lipinski definition) is 1. The van der Waals surface area contributed by atoms with E-state index in [2.05, 4.69) is 0 Å². The number of aryl methyl sites for hydroxylation is 1. The normalized spacial score (nSPS) is 10.2. The molecule has 0 unspecified atom stereocenters. The molecule has 0 aliphatic carbocycles. The van der Waals surface area contributed by atoms with Crippen LogP contribution in [0.5, 0.6) is 5.75 Å². The van der Waals surface area contributed by atoms with E-state index < -0.39 is 5.97 Å². The molecule has 0 aromatic heterocycles. The van der Waals surface area contributed by atoms with Gasteiger partial charge in [-0.25, -0.2) is 4.79 Å². The molecule has 0 aliphatic rings. The maximum Gasteiger partial charge on any atom is 0.340 e. The van der Waals surface area contributed by atoms with Crippen LogP contribution >= 0.6 is 11.6 Å². The van der Waals surface area contributed by atoms with E-state index in [1.807, 2.05) is 25.1 Å². The van der Waals surface area contributed by atoms with Crippen molar-refractivity contribution >= 4 is 23.3 Å². The predicted octanol–water partition coefficient (Wildman–Crippen LogP) is 3.60. The Morgan fingerprint density at radius 2 is 2.05 bits per heavy atom. The molecule has 0 fully saturated rings. The van der Waals surface area contributed by atoms with Gasteiger partial charge in [0, 0.05) is 5.56 Å². The lowest BCUT2D eigenvalue weighted by Crippen LogP contribution is -2.07. The van der Waals surface area contributed by atoms with E-state index in [1.165, 1.54) is 0 Å². The van der Waals surface area contributed by atoms with Gasteiger partial charge in [0.1, 0.15) is 12.4 Å². The van der Waals surface area contributed by atoms with Crippen LogP contribution < -0.4 is 10.5 Å². The quantitative estimate of drug-likeness (QED) is 0.692. The van der Waals surface area contributed by atoms with Crippen molar-refractivity contribution in [1.29, 1.82) is 0 Å². The number of nitrogens with two attached hydrogens (primary N) is 1. The number of ether oxygens (including phenoxy) is 2. The van der Waals surface area contributed by atoms with Crippen molar-refractivity contribution < 1.29 is 14.3 Å². The molecule has 0 atom stereocenters. The fraction of sp³-hybridized carbons (Fsp3) is 0.188. The molecule has 2 aromatic carbocycles. The second kappa shape index (κ2) is 6.50. The molecule has 0 spiro atoms. The second-order valence-corrected chi connectivity index (χ2v) is 4.98. The molecule has 4 nitrogen and oxygen atoms in total. The SMILES string of the molecule is COc1ccc(C)cc1COC(=O)c1cccc(N)c1Cl. The summed E-state index contributed by atoms with van der Waals surface area (Å²) < 4.78 is 10.5. The highest BCUT2D eigenvalue weighted by atomic mass is 35.5. The van der Waals surface area contributed by atoms with Gasteiger partial charge in [-0.15, -0.1) is 0 Å². The summed E-state index contributed by atoms with van der Waals surface area (Å²) in [5.74, 6) is 0.155. The van der Waals surface area contributed by atoms with Gasteiger partial charge < -0.3 is 15.2 Å². The smallest absolute Gasteiger partial charge is 0.340 e. The van der Waals surface area contributed by atoms with Gasteiger partial charge in [0.2, 0.25) is 0 Å². The van der Waals surface area contributed by atoms with Crippen LogP contribution in [0.2, 0.25) is 5.02 Å². The molecule has 0 heterocycles. The summed E-state index contributed by atoms with van der Waals surface area (Å²) >= 11 is 6.00. The zero-order chi connectivity index (χ0) is 15.4. The van der Waals surface area contributed by atoms with Crippen molar-refractivity contribution in [3.05, 3.63) is 58.1 Å². The van der Waals surface area contributed by atoms with Crippen molar-refractivity contribution in [2.45, 2.75) is 13.5 Å². The van der Waals surface area contributed by atoms with Gasteiger partial charge in [-0.3, -0.25) is 0 Å². The molecular formula is C16H16ClNO3. The number of rotatable bonds is 4. The summed E-state index contributed by atoms with van der Waals surface area (Å²) in [5.41, 5.74) is 8.13. The first kappa shape index (κ1) is 15.2. The van der Waals surface area contributed by atoms with Crippen LogP contribution in [0.15, 0.2) is 36.4 Å². The van der Waals surface area contributed by atoms with Gasteiger partial charge >= 0.3 is 5.97 Å². The zero-order valence-corrected chi connectivity index (χ0v) is 12.6. The third-order valence-electron chi connectivity index (χ3n) is 3.04. The third-order valence-corrected chi connectivity index (χ3v) is 3.46. The minimum Gasteiger partial charge on any atom is -0.496 e. The van der Waals surface area contributed by atoms with E-state index >= 15 is 0 Å². The van der Waals surface area contributed by atoms with Crippen LogP contribution in [0.3, 0.4) is 0 Å². The van der Waals surface area contributed by atoms with Crippen molar-refractivity contribution in [3.8, 4) is 5.75 Å². The topological polar surface area (TPSA) is 61.5 Å². The van der Waals surface area contributed by atoms with E-state index in [1.54, 1.807) is 25.3 Å². The summed E-state index contributed by atoms with van der Waals surface area (Å²) in [5, 5.41) is 0.207. The largest absolute Gasteiger partial charge is 0.496 e. The van der Waals surface area contributed by atoms with Crippen LogP contribution in [0.4, 0.5) is 5.69 Å². The highest BCUT2D eigenvalue weighted by molar-refractivity contribution is 6.36. The number of nitrogen functional groups attached to an aromatic ring is 1. The lowest BCUT2D eigenvalue weighted by atomic mass is 10.1. The number of benzene rings is 2. The third kappa shape index (κ3) is 3.47. The van der Waals surface area contributed by atoms with E-state index in [9.17, 15) is 4.79 Å². The summed E-state index contributed by atoms with van der Waals surface area (Å²) in [4.78, 5) is 12.1. The summed E-state index contributed by atoms with van der Waals surface area (Å²) in [7, 11) is 1.57. The number of halogens is 1. The lowest BCUT2D eigenvalue weighted by molar-refractivity contribution is 0.0470. The van der Waals surface area contributed by atoms with Gasteiger partial charge in [-0.05, 0) is 31.2 Å². The highest BCUT2D eigenvalue weighted by Crippen LogP contribution is 2.25. The van der Waals surface area contributed by atoms with Gasteiger partial charge in [-0.2, -0.15) is 0 Å². The standard InChI is InChI=1S/C16H16ClNO3/c1-10-6-7-14(20-2)11(8-10)9-21-16(19)12-4-3-5-13(18)15(12)17/h3-8H,9,18H2,1-2H3. The summed E-state index contributed by atoms with van der Waals surface area (Å²) in [6.45, 7) is 2.06. The number of carbonyl (C=O) groups is 1. The number of esters is 1. The Balaban J connectivity index is 2.15. The molecule has 2 N–H and O–H groups in total. The predicted molar refractivity (Wildman–Crippen MR) is 82.7 cm³/mol. The van der Waals surface area contributed by atoms with Gasteiger partial charge in [0.25, 0.3) is 0 Å². The van der Waals surface area contributed by atoms with Crippen molar-refractivity contribution in [2.24, 2.45) is 0 Å². The molecule has 0 saturated carbocycles. The maximum absolute atomic E-state index is 12.1. The van der Waals surface area contributed by atoms with Crippen molar-refractivity contribution in [1.82, 2.24) is 0 Å². The van der Waals surface area contributed by atoms with Gasteiger partial charge in [-0.1, -0.05) is 29.3 Å². The first-order valence-corrected chi connectivity index (χ1v) is 6.75.